The molecule has 0 saturated heterocycles. The number of rotatable bonds is 6. The van der Waals surface area contributed by atoms with Gasteiger partial charge in [-0.3, -0.25) is 4.98 Å². The molecule has 1 aromatic heterocycles. The number of aromatic nitrogens is 2. The van der Waals surface area contributed by atoms with Gasteiger partial charge < -0.3 is 14.8 Å². The molecule has 1 heterocycles. The van der Waals surface area contributed by atoms with Gasteiger partial charge in [-0.05, 0) is 13.3 Å². The number of ether oxygens (including phenoxy) is 2. The number of nitrogens with one attached hydrogen (secondary N) is 1. The molecule has 0 spiro atoms. The molecule has 0 aliphatic carbocycles. The second-order valence-electron chi connectivity index (χ2n) is 4.48. The van der Waals surface area contributed by atoms with E-state index in [1.165, 1.54) is 26.6 Å². The van der Waals surface area contributed by atoms with Gasteiger partial charge in [-0.15, -0.1) is 0 Å². The van der Waals surface area contributed by atoms with Crippen LogP contribution in [0.25, 0.3) is 0 Å². The van der Waals surface area contributed by atoms with Crippen LogP contribution in [0.1, 0.15) is 37.2 Å². The lowest BCUT2D eigenvalue weighted by Crippen LogP contribution is -2.44. The van der Waals surface area contributed by atoms with E-state index in [-0.39, 0.29) is 5.69 Å². The molecule has 7 heteroatoms. The minimum atomic E-state index is -0.924. The van der Waals surface area contributed by atoms with Gasteiger partial charge in [0.15, 0.2) is 5.69 Å². The molecule has 110 valence electrons. The van der Waals surface area contributed by atoms with E-state index in [2.05, 4.69) is 20.0 Å². The average molecular weight is 281 g/mol. The van der Waals surface area contributed by atoms with Gasteiger partial charge in [-0.2, -0.15) is 0 Å². The third kappa shape index (κ3) is 3.66. The summed E-state index contributed by atoms with van der Waals surface area (Å²) in [6.07, 6.45) is 4.07. The van der Waals surface area contributed by atoms with E-state index in [9.17, 15) is 9.59 Å². The maximum absolute atomic E-state index is 11.9. The first-order valence-corrected chi connectivity index (χ1v) is 6.23. The Labute approximate surface area is 117 Å². The zero-order valence-corrected chi connectivity index (χ0v) is 12.1. The molecule has 1 N–H and O–H groups in total. The number of nitrogens with zero attached hydrogens (tertiary/aromatic N) is 2. The van der Waals surface area contributed by atoms with Crippen molar-refractivity contribution >= 4 is 17.8 Å². The smallest absolute Gasteiger partial charge is 0.358 e. The van der Waals surface area contributed by atoms with Crippen LogP contribution in [0.5, 0.6) is 0 Å². The molecule has 1 aromatic rings. The van der Waals surface area contributed by atoms with Crippen LogP contribution in [0.2, 0.25) is 0 Å². The minimum absolute atomic E-state index is 0.0706. The zero-order chi connectivity index (χ0) is 15.2. The molecular formula is C13H19N3O4. The summed E-state index contributed by atoms with van der Waals surface area (Å²) in [6, 6.07) is 0. The summed E-state index contributed by atoms with van der Waals surface area (Å²) >= 11 is 0. The average Bonchev–Trinajstić information content (AvgIpc) is 2.45. The highest BCUT2D eigenvalue weighted by Gasteiger charge is 2.34. The maximum Gasteiger partial charge on any atom is 0.358 e. The number of esters is 2. The van der Waals surface area contributed by atoms with Gasteiger partial charge in [0.1, 0.15) is 11.4 Å². The zero-order valence-electron chi connectivity index (χ0n) is 12.1. The SMILES string of the molecule is CCCC(C)(Nc1cncc(C(=O)OC)n1)C(=O)OC. The molecule has 1 rings (SSSR count). The monoisotopic (exact) mass is 281 g/mol. The summed E-state index contributed by atoms with van der Waals surface area (Å²) in [4.78, 5) is 31.3. The van der Waals surface area contributed by atoms with Crippen molar-refractivity contribution in [1.82, 2.24) is 9.97 Å². The summed E-state index contributed by atoms with van der Waals surface area (Å²) in [5.41, 5.74) is -0.853. The van der Waals surface area contributed by atoms with Crippen molar-refractivity contribution in [3.05, 3.63) is 18.1 Å². The lowest BCUT2D eigenvalue weighted by atomic mass is 9.96. The number of methoxy groups -OCH3 is 2. The standard InChI is InChI=1S/C13H19N3O4/c1-5-6-13(2,12(18)20-4)16-10-8-14-7-9(15-10)11(17)19-3/h7-8H,5-6H2,1-4H3,(H,15,16). The van der Waals surface area contributed by atoms with Crippen molar-refractivity contribution in [3.8, 4) is 0 Å². The molecule has 20 heavy (non-hydrogen) atoms. The lowest BCUT2D eigenvalue weighted by Gasteiger charge is -2.27. The molecular weight excluding hydrogens is 262 g/mol. The summed E-state index contributed by atoms with van der Waals surface area (Å²) in [5.74, 6) is -0.671. The number of carbonyl (C=O) groups excluding carboxylic acids is 2. The van der Waals surface area contributed by atoms with Crippen molar-refractivity contribution in [2.45, 2.75) is 32.2 Å². The third-order valence-corrected chi connectivity index (χ3v) is 2.82. The molecule has 1 atom stereocenters. The van der Waals surface area contributed by atoms with Gasteiger partial charge in [0.05, 0.1) is 26.6 Å². The second-order valence-corrected chi connectivity index (χ2v) is 4.48. The molecule has 0 fully saturated rings. The van der Waals surface area contributed by atoms with Crippen LogP contribution in [-0.4, -0.2) is 41.7 Å². The fraction of sp³-hybridized carbons (Fsp3) is 0.538. The topological polar surface area (TPSA) is 90.4 Å². The maximum atomic E-state index is 11.9. The van der Waals surface area contributed by atoms with Gasteiger partial charge in [-0.1, -0.05) is 13.3 Å². The Kier molecular flexibility index (Phi) is 5.42. The molecule has 0 aromatic carbocycles. The van der Waals surface area contributed by atoms with Gasteiger partial charge in [0.25, 0.3) is 0 Å². The van der Waals surface area contributed by atoms with Crippen LogP contribution in [0.3, 0.4) is 0 Å². The van der Waals surface area contributed by atoms with Crippen LogP contribution in [0.15, 0.2) is 12.4 Å². The van der Waals surface area contributed by atoms with E-state index in [4.69, 9.17) is 4.74 Å². The fourth-order valence-electron chi connectivity index (χ4n) is 1.85. The Morgan fingerprint density at radius 2 is 2.00 bits per heavy atom. The number of anilines is 1. The van der Waals surface area contributed by atoms with Gasteiger partial charge in [-0.25, -0.2) is 14.6 Å². The van der Waals surface area contributed by atoms with E-state index in [0.29, 0.717) is 12.2 Å². The lowest BCUT2D eigenvalue weighted by molar-refractivity contribution is -0.145. The van der Waals surface area contributed by atoms with Crippen LogP contribution < -0.4 is 5.32 Å². The van der Waals surface area contributed by atoms with Gasteiger partial charge >= 0.3 is 11.9 Å². The first-order chi connectivity index (χ1) is 9.46. The number of hydrogen-bond donors (Lipinski definition) is 1. The summed E-state index contributed by atoms with van der Waals surface area (Å²) in [6.45, 7) is 3.67. The molecule has 1 unspecified atom stereocenters. The van der Waals surface area contributed by atoms with Crippen molar-refractivity contribution in [2.24, 2.45) is 0 Å². The van der Waals surface area contributed by atoms with Crippen LogP contribution in [0.4, 0.5) is 5.82 Å². The Bertz CT molecular complexity index is 492. The molecule has 0 aliphatic rings. The van der Waals surface area contributed by atoms with Gasteiger partial charge in [0, 0.05) is 0 Å². The summed E-state index contributed by atoms with van der Waals surface area (Å²) in [7, 11) is 2.59. The fourth-order valence-corrected chi connectivity index (χ4v) is 1.85. The van der Waals surface area contributed by atoms with Crippen molar-refractivity contribution < 1.29 is 19.1 Å². The summed E-state index contributed by atoms with van der Waals surface area (Å²) < 4.78 is 9.37. The number of carbonyl (C=O) groups is 2. The van der Waals surface area contributed by atoms with Crippen LogP contribution in [-0.2, 0) is 14.3 Å². The molecule has 0 radical (unpaired) electrons. The second kappa shape index (κ2) is 6.83. The van der Waals surface area contributed by atoms with Crippen molar-refractivity contribution in [2.75, 3.05) is 19.5 Å². The van der Waals surface area contributed by atoms with E-state index in [0.717, 1.165) is 6.42 Å². The number of hydrogen-bond acceptors (Lipinski definition) is 7. The van der Waals surface area contributed by atoms with Gasteiger partial charge in [0.2, 0.25) is 0 Å². The largest absolute Gasteiger partial charge is 0.467 e. The van der Waals surface area contributed by atoms with E-state index in [1.54, 1.807) is 6.92 Å². The Hall–Kier alpha value is -2.18. The van der Waals surface area contributed by atoms with Crippen LogP contribution in [0, 0.1) is 0 Å². The minimum Gasteiger partial charge on any atom is -0.467 e. The van der Waals surface area contributed by atoms with Crippen molar-refractivity contribution in [1.29, 1.82) is 0 Å². The highest BCUT2D eigenvalue weighted by atomic mass is 16.5. The van der Waals surface area contributed by atoms with E-state index >= 15 is 0 Å². The molecule has 0 aliphatic heterocycles. The third-order valence-electron chi connectivity index (χ3n) is 2.82. The predicted octanol–water partition coefficient (Wildman–Crippen LogP) is 1.41. The highest BCUT2D eigenvalue weighted by Crippen LogP contribution is 2.20. The first-order valence-electron chi connectivity index (χ1n) is 6.23. The van der Waals surface area contributed by atoms with Crippen LogP contribution >= 0.6 is 0 Å². The van der Waals surface area contributed by atoms with Crippen molar-refractivity contribution in [3.63, 3.8) is 0 Å². The first kappa shape index (κ1) is 15.9. The predicted molar refractivity (Wildman–Crippen MR) is 72.3 cm³/mol. The van der Waals surface area contributed by atoms with E-state index < -0.39 is 17.5 Å². The van der Waals surface area contributed by atoms with E-state index in [1.807, 2.05) is 6.92 Å². The molecule has 0 amide bonds. The highest BCUT2D eigenvalue weighted by molar-refractivity contribution is 5.87. The molecule has 0 saturated carbocycles. The molecule has 0 bridgehead atoms. The summed E-state index contributed by atoms with van der Waals surface area (Å²) in [5, 5.41) is 2.97. The Morgan fingerprint density at radius 1 is 1.30 bits per heavy atom. The normalized spacial score (nSPS) is 13.2. The Morgan fingerprint density at radius 3 is 2.55 bits per heavy atom. The molecule has 7 nitrogen and oxygen atoms in total. The quantitative estimate of drug-likeness (QED) is 0.788. The Balaban J connectivity index is 3.00.